The molecule has 2 aromatic heterocycles. The van der Waals surface area contributed by atoms with Crippen LogP contribution in [0.2, 0.25) is 0 Å². The lowest BCUT2D eigenvalue weighted by atomic mass is 10.2. The average molecular weight is 401 g/mol. The first kappa shape index (κ1) is 16.0. The van der Waals surface area contributed by atoms with E-state index in [1.54, 1.807) is 6.20 Å². The minimum absolute atomic E-state index is 0.0243. The van der Waals surface area contributed by atoms with E-state index in [0.29, 0.717) is 13.0 Å². The van der Waals surface area contributed by atoms with Crippen LogP contribution in [0.4, 0.5) is 0 Å². The van der Waals surface area contributed by atoms with Crippen LogP contribution in [0.1, 0.15) is 37.7 Å². The maximum atomic E-state index is 12.1. The SMILES string of the molecule is CCn1nccc1C(C)NC(=O)CCn1ncc(I)c1C. The first-order valence-corrected chi connectivity index (χ1v) is 8.09. The van der Waals surface area contributed by atoms with Crippen LogP contribution < -0.4 is 5.32 Å². The molecule has 0 aliphatic carbocycles. The zero-order chi connectivity index (χ0) is 15.4. The number of amides is 1. The summed E-state index contributed by atoms with van der Waals surface area (Å²) in [6, 6.07) is 1.90. The lowest BCUT2D eigenvalue weighted by Gasteiger charge is -2.15. The monoisotopic (exact) mass is 401 g/mol. The molecule has 0 saturated carbocycles. The van der Waals surface area contributed by atoms with Gasteiger partial charge in [0.05, 0.1) is 21.5 Å². The lowest BCUT2D eigenvalue weighted by Crippen LogP contribution is -2.29. The molecule has 0 radical (unpaired) electrons. The summed E-state index contributed by atoms with van der Waals surface area (Å²) in [5, 5.41) is 11.5. The largest absolute Gasteiger partial charge is 0.348 e. The number of nitrogens with one attached hydrogen (secondary N) is 1. The maximum absolute atomic E-state index is 12.1. The number of nitrogens with zero attached hydrogens (tertiary/aromatic N) is 4. The maximum Gasteiger partial charge on any atom is 0.222 e. The van der Waals surface area contributed by atoms with Gasteiger partial charge in [-0.15, -0.1) is 0 Å². The predicted octanol–water partition coefficient (Wildman–Crippen LogP) is 2.28. The Bertz CT molecular complexity index is 619. The number of hydrogen-bond donors (Lipinski definition) is 1. The Morgan fingerprint density at radius 3 is 2.81 bits per heavy atom. The average Bonchev–Trinajstić information content (AvgIpc) is 3.05. The molecule has 7 heteroatoms. The Morgan fingerprint density at radius 2 is 2.19 bits per heavy atom. The normalized spacial score (nSPS) is 12.4. The minimum Gasteiger partial charge on any atom is -0.348 e. The molecule has 2 rings (SSSR count). The fourth-order valence-corrected chi connectivity index (χ4v) is 2.62. The second kappa shape index (κ2) is 7.06. The molecule has 114 valence electrons. The highest BCUT2D eigenvalue weighted by molar-refractivity contribution is 14.1. The molecule has 1 unspecified atom stereocenters. The van der Waals surface area contributed by atoms with Crippen LogP contribution in [0.3, 0.4) is 0 Å². The van der Waals surface area contributed by atoms with Crippen molar-refractivity contribution in [1.29, 1.82) is 0 Å². The molecule has 2 heterocycles. The van der Waals surface area contributed by atoms with E-state index < -0.39 is 0 Å². The molecule has 1 atom stereocenters. The van der Waals surface area contributed by atoms with Crippen LogP contribution in [0.5, 0.6) is 0 Å². The molecule has 21 heavy (non-hydrogen) atoms. The van der Waals surface area contributed by atoms with Gasteiger partial charge in [0.2, 0.25) is 5.91 Å². The second-order valence-electron chi connectivity index (χ2n) is 4.91. The van der Waals surface area contributed by atoms with Crippen LogP contribution in [-0.4, -0.2) is 25.5 Å². The van der Waals surface area contributed by atoms with Crippen molar-refractivity contribution in [3.05, 3.63) is 33.4 Å². The Kier molecular flexibility index (Phi) is 5.38. The third-order valence-electron chi connectivity index (χ3n) is 3.46. The van der Waals surface area contributed by atoms with Crippen LogP contribution in [0, 0.1) is 10.5 Å². The van der Waals surface area contributed by atoms with E-state index >= 15 is 0 Å². The number of rotatable bonds is 6. The summed E-state index contributed by atoms with van der Waals surface area (Å²) in [5.41, 5.74) is 2.12. The zero-order valence-corrected chi connectivity index (χ0v) is 14.7. The number of halogens is 1. The first-order chi connectivity index (χ1) is 10.0. The molecule has 0 aliphatic rings. The predicted molar refractivity (Wildman–Crippen MR) is 88.8 cm³/mol. The minimum atomic E-state index is -0.0428. The number of aromatic nitrogens is 4. The molecule has 6 nitrogen and oxygen atoms in total. The van der Waals surface area contributed by atoms with Crippen molar-refractivity contribution < 1.29 is 4.79 Å². The van der Waals surface area contributed by atoms with Crippen molar-refractivity contribution in [3.63, 3.8) is 0 Å². The summed E-state index contributed by atoms with van der Waals surface area (Å²) >= 11 is 2.24. The number of carbonyl (C=O) groups excluding carboxylic acids is 1. The Balaban J connectivity index is 1.88. The third-order valence-corrected chi connectivity index (χ3v) is 4.52. The van der Waals surface area contributed by atoms with E-state index in [1.807, 2.05) is 42.4 Å². The molecular weight excluding hydrogens is 381 g/mol. The molecule has 1 amide bonds. The van der Waals surface area contributed by atoms with Gasteiger partial charge in [0.25, 0.3) is 0 Å². The molecule has 0 aliphatic heterocycles. The van der Waals surface area contributed by atoms with Gasteiger partial charge in [-0.2, -0.15) is 10.2 Å². The van der Waals surface area contributed by atoms with Gasteiger partial charge in [0.15, 0.2) is 0 Å². The topological polar surface area (TPSA) is 64.7 Å². The van der Waals surface area contributed by atoms with Crippen molar-refractivity contribution in [3.8, 4) is 0 Å². The van der Waals surface area contributed by atoms with Crippen molar-refractivity contribution in [1.82, 2.24) is 24.9 Å². The lowest BCUT2D eigenvalue weighted by molar-refractivity contribution is -0.122. The van der Waals surface area contributed by atoms with E-state index in [-0.39, 0.29) is 11.9 Å². The van der Waals surface area contributed by atoms with Gasteiger partial charge in [0.1, 0.15) is 0 Å². The molecule has 0 bridgehead atoms. The van der Waals surface area contributed by atoms with Crippen molar-refractivity contribution in [2.45, 2.75) is 46.3 Å². The molecule has 0 spiro atoms. The van der Waals surface area contributed by atoms with Crippen LogP contribution in [0.25, 0.3) is 0 Å². The van der Waals surface area contributed by atoms with Gasteiger partial charge in [-0.3, -0.25) is 14.2 Å². The van der Waals surface area contributed by atoms with Crippen molar-refractivity contribution in [2.75, 3.05) is 0 Å². The van der Waals surface area contributed by atoms with Gasteiger partial charge in [-0.25, -0.2) is 0 Å². The van der Waals surface area contributed by atoms with Crippen molar-refractivity contribution >= 4 is 28.5 Å². The molecule has 2 aromatic rings. The second-order valence-corrected chi connectivity index (χ2v) is 6.07. The van der Waals surface area contributed by atoms with Crippen LogP contribution in [-0.2, 0) is 17.9 Å². The Labute approximate surface area is 138 Å². The van der Waals surface area contributed by atoms with Gasteiger partial charge < -0.3 is 5.32 Å². The van der Waals surface area contributed by atoms with Crippen molar-refractivity contribution in [2.24, 2.45) is 0 Å². The highest BCUT2D eigenvalue weighted by atomic mass is 127. The third kappa shape index (κ3) is 3.84. The van der Waals surface area contributed by atoms with Crippen LogP contribution in [0.15, 0.2) is 18.5 Å². The highest BCUT2D eigenvalue weighted by Gasteiger charge is 2.14. The summed E-state index contributed by atoms with van der Waals surface area (Å²) in [6.45, 7) is 7.42. The Hall–Kier alpha value is -1.38. The van der Waals surface area contributed by atoms with Gasteiger partial charge in [-0.1, -0.05) is 0 Å². The summed E-state index contributed by atoms with van der Waals surface area (Å²) in [4.78, 5) is 12.1. The zero-order valence-electron chi connectivity index (χ0n) is 12.5. The summed E-state index contributed by atoms with van der Waals surface area (Å²) in [7, 11) is 0. The van der Waals surface area contributed by atoms with Crippen LogP contribution >= 0.6 is 22.6 Å². The summed E-state index contributed by atoms with van der Waals surface area (Å²) in [5.74, 6) is 0.0243. The quantitative estimate of drug-likeness (QED) is 0.756. The molecule has 0 saturated heterocycles. The highest BCUT2D eigenvalue weighted by Crippen LogP contribution is 2.13. The van der Waals surface area contributed by atoms with E-state index in [9.17, 15) is 4.79 Å². The van der Waals surface area contributed by atoms with Gasteiger partial charge in [0, 0.05) is 31.4 Å². The van der Waals surface area contributed by atoms with E-state index in [2.05, 4.69) is 38.1 Å². The van der Waals surface area contributed by atoms with Gasteiger partial charge >= 0.3 is 0 Å². The van der Waals surface area contributed by atoms with E-state index in [4.69, 9.17) is 0 Å². The van der Waals surface area contributed by atoms with E-state index in [0.717, 1.165) is 21.5 Å². The molecule has 1 N–H and O–H groups in total. The molecule has 0 fully saturated rings. The number of hydrogen-bond acceptors (Lipinski definition) is 3. The standard InChI is InChI=1S/C14H20IN5O/c1-4-19-13(5-7-16-19)10(2)18-14(21)6-8-20-11(3)12(15)9-17-20/h5,7,9-10H,4,6,8H2,1-3H3,(H,18,21). The van der Waals surface area contributed by atoms with E-state index in [1.165, 1.54) is 0 Å². The molecular formula is C14H20IN5O. The number of aryl methyl sites for hydroxylation is 2. The first-order valence-electron chi connectivity index (χ1n) is 7.02. The fourth-order valence-electron chi connectivity index (χ4n) is 2.22. The fraction of sp³-hybridized carbons (Fsp3) is 0.500. The summed E-state index contributed by atoms with van der Waals surface area (Å²) in [6.07, 6.45) is 4.00. The smallest absolute Gasteiger partial charge is 0.222 e. The van der Waals surface area contributed by atoms with Gasteiger partial charge in [-0.05, 0) is 49.4 Å². The molecule has 0 aromatic carbocycles. The summed E-state index contributed by atoms with van der Waals surface area (Å²) < 4.78 is 4.88. The Morgan fingerprint density at radius 1 is 1.43 bits per heavy atom. The number of carbonyl (C=O) groups is 1.